The van der Waals surface area contributed by atoms with Crippen LogP contribution in [0, 0.1) is 5.92 Å². The van der Waals surface area contributed by atoms with Crippen LogP contribution in [0.3, 0.4) is 0 Å². The van der Waals surface area contributed by atoms with Gasteiger partial charge in [-0.15, -0.1) is 0 Å². The highest BCUT2D eigenvalue weighted by molar-refractivity contribution is 7.20. The summed E-state index contributed by atoms with van der Waals surface area (Å²) >= 11 is 1.50. The average Bonchev–Trinajstić information content (AvgIpc) is 3.56. The van der Waals surface area contributed by atoms with E-state index in [0.29, 0.717) is 30.0 Å². The van der Waals surface area contributed by atoms with Crippen molar-refractivity contribution in [1.82, 2.24) is 19.2 Å². The summed E-state index contributed by atoms with van der Waals surface area (Å²) in [6.45, 7) is 4.32. The molecule has 8 nitrogen and oxygen atoms in total. The van der Waals surface area contributed by atoms with Crippen LogP contribution in [0.15, 0.2) is 51.9 Å². The lowest BCUT2D eigenvalue weighted by Gasteiger charge is -2.30. The topological polar surface area (TPSA) is 85.7 Å². The molecule has 2 unspecified atom stereocenters. The van der Waals surface area contributed by atoms with E-state index in [1.165, 1.54) is 11.3 Å². The molecule has 4 aromatic rings. The smallest absolute Gasteiger partial charge is 0.283 e. The second-order valence-corrected chi connectivity index (χ2v) is 9.89. The molecule has 2 atom stereocenters. The largest absolute Gasteiger partial charge is 0.467 e. The summed E-state index contributed by atoms with van der Waals surface area (Å²) in [4.78, 5) is 20.5. The molecule has 34 heavy (non-hydrogen) atoms. The first kappa shape index (κ1) is 21.4. The Morgan fingerprint density at radius 3 is 2.88 bits per heavy atom. The molecule has 0 radical (unpaired) electrons. The van der Waals surface area contributed by atoms with E-state index in [9.17, 15) is 9.90 Å². The normalized spacial score (nSPS) is 20.5. The summed E-state index contributed by atoms with van der Waals surface area (Å²) < 4.78 is 15.9. The predicted octanol–water partition coefficient (Wildman–Crippen LogP) is 2.01. The lowest BCUT2D eigenvalue weighted by molar-refractivity contribution is 0.0455. The molecule has 1 aromatic carbocycles. The van der Waals surface area contributed by atoms with E-state index in [2.05, 4.69) is 0 Å². The van der Waals surface area contributed by atoms with Crippen molar-refractivity contribution >= 4 is 33.3 Å². The van der Waals surface area contributed by atoms with E-state index in [4.69, 9.17) is 14.1 Å². The van der Waals surface area contributed by atoms with Crippen LogP contribution >= 0.6 is 11.3 Å². The zero-order valence-electron chi connectivity index (χ0n) is 18.9. The maximum Gasteiger partial charge on any atom is 0.283 e. The molecule has 3 aromatic heterocycles. The van der Waals surface area contributed by atoms with Gasteiger partial charge in [0, 0.05) is 24.8 Å². The van der Waals surface area contributed by atoms with E-state index in [1.54, 1.807) is 21.9 Å². The molecule has 0 saturated carbocycles. The maximum absolute atomic E-state index is 13.9. The first-order chi connectivity index (χ1) is 16.6. The Balaban J connectivity index is 1.55. The summed E-state index contributed by atoms with van der Waals surface area (Å²) in [5.74, 6) is 1.01. The minimum atomic E-state index is -0.878. The molecule has 6 rings (SSSR count). The van der Waals surface area contributed by atoms with Gasteiger partial charge in [-0.3, -0.25) is 9.48 Å². The Hall–Kier alpha value is -3.14. The lowest BCUT2D eigenvalue weighted by atomic mass is 10.0. The van der Waals surface area contributed by atoms with Crippen molar-refractivity contribution in [3.63, 3.8) is 0 Å². The molecule has 1 N–H and O–H groups in total. The van der Waals surface area contributed by atoms with E-state index >= 15 is 0 Å². The number of furan rings is 1. The highest BCUT2D eigenvalue weighted by atomic mass is 32.1. The number of aliphatic hydroxyl groups is 1. The van der Waals surface area contributed by atoms with E-state index in [1.807, 2.05) is 48.0 Å². The molecule has 0 spiro atoms. The van der Waals surface area contributed by atoms with Crippen molar-refractivity contribution in [3.05, 3.63) is 69.3 Å². The minimum Gasteiger partial charge on any atom is -0.467 e. The molecule has 0 amide bonds. The molecular formula is C25H26N4O4S. The average molecular weight is 479 g/mol. The van der Waals surface area contributed by atoms with Gasteiger partial charge in [0.2, 0.25) is 5.13 Å². The fourth-order valence-electron chi connectivity index (χ4n) is 4.94. The number of thiazole rings is 1. The Morgan fingerprint density at radius 2 is 2.12 bits per heavy atom. The third kappa shape index (κ3) is 3.60. The summed E-state index contributed by atoms with van der Waals surface area (Å²) in [7, 11) is 0. The number of nitrogens with zero attached hydrogens (tertiary/aromatic N) is 4. The van der Waals surface area contributed by atoms with Crippen LogP contribution in [0.4, 0.5) is 0 Å². The van der Waals surface area contributed by atoms with Crippen LogP contribution in [0.25, 0.3) is 27.1 Å². The van der Waals surface area contributed by atoms with Crippen molar-refractivity contribution in [3.8, 4) is 5.13 Å². The third-order valence-corrected chi connectivity index (χ3v) is 7.67. The summed E-state index contributed by atoms with van der Waals surface area (Å²) in [6, 6.07) is 11.6. The predicted molar refractivity (Wildman–Crippen MR) is 130 cm³/mol. The van der Waals surface area contributed by atoms with Gasteiger partial charge in [0.25, 0.3) is 5.56 Å². The Kier molecular flexibility index (Phi) is 5.40. The quantitative estimate of drug-likeness (QED) is 0.472. The fraction of sp³-hybridized carbons (Fsp3) is 0.360. The number of hydrogen-bond acceptors (Lipinski definition) is 7. The highest BCUT2D eigenvalue weighted by Crippen LogP contribution is 2.24. The second-order valence-electron chi connectivity index (χ2n) is 8.88. The van der Waals surface area contributed by atoms with Gasteiger partial charge in [0.1, 0.15) is 12.0 Å². The summed E-state index contributed by atoms with van der Waals surface area (Å²) in [5, 5.41) is 13.0. The molecule has 0 bridgehead atoms. The molecule has 9 heteroatoms. The molecule has 2 aliphatic heterocycles. The number of rotatable bonds is 5. The van der Waals surface area contributed by atoms with Crippen LogP contribution in [0.5, 0.6) is 0 Å². The van der Waals surface area contributed by atoms with Gasteiger partial charge in [-0.25, -0.2) is 4.98 Å². The zero-order chi connectivity index (χ0) is 23.2. The van der Waals surface area contributed by atoms with Gasteiger partial charge in [0.05, 0.1) is 40.2 Å². The van der Waals surface area contributed by atoms with Crippen LogP contribution < -0.4 is 16.1 Å². The number of benzene rings is 1. The van der Waals surface area contributed by atoms with Crippen molar-refractivity contribution in [2.24, 2.45) is 5.92 Å². The van der Waals surface area contributed by atoms with Gasteiger partial charge in [-0.05, 0) is 50.1 Å². The molecular weight excluding hydrogens is 452 g/mol. The number of ether oxygens (including phenoxy) is 1. The number of aromatic nitrogens is 3. The third-order valence-electron chi connectivity index (χ3n) is 6.66. The fourth-order valence-corrected chi connectivity index (χ4v) is 5.92. The Labute approximate surface area is 199 Å². The van der Waals surface area contributed by atoms with Crippen molar-refractivity contribution in [2.75, 3.05) is 13.2 Å². The van der Waals surface area contributed by atoms with Crippen LogP contribution in [0.2, 0.25) is 0 Å². The van der Waals surface area contributed by atoms with E-state index in [-0.39, 0.29) is 11.5 Å². The molecule has 1 fully saturated rings. The first-order valence-corrected chi connectivity index (χ1v) is 12.4. The van der Waals surface area contributed by atoms with Crippen molar-refractivity contribution in [2.45, 2.75) is 39.1 Å². The van der Waals surface area contributed by atoms with Gasteiger partial charge in [-0.2, -0.15) is 4.68 Å². The van der Waals surface area contributed by atoms with Crippen molar-refractivity contribution in [1.29, 1.82) is 0 Å². The number of hydrogen-bond donors (Lipinski definition) is 1. The zero-order valence-corrected chi connectivity index (χ0v) is 19.7. The molecule has 1 saturated heterocycles. The number of fused-ring (bicyclic) bond motifs is 2. The standard InChI is InChI=1S/C25H26N4O4S/c1-16-23-20(12-22(30)27(16)14-18-7-5-11-33-18)28(13-17-6-4-10-32-15-17)29(24(23)31)25-26-19-8-2-3-9-21(19)34-25/h2-3,5,7-9,11-12,17,22,30H,4,6,10,13-15H2,1H3. The second kappa shape index (κ2) is 8.57. The first-order valence-electron chi connectivity index (χ1n) is 11.6. The SMILES string of the molecule is CC1=c2c(n(CC3CCCOC3)n(-c3nc4ccccc4s3)c2=O)=CC(O)N1Cc1ccco1. The summed E-state index contributed by atoms with van der Waals surface area (Å²) in [6.07, 6.45) is 4.54. The monoisotopic (exact) mass is 478 g/mol. The lowest BCUT2D eigenvalue weighted by Crippen LogP contribution is -2.49. The minimum absolute atomic E-state index is 0.129. The van der Waals surface area contributed by atoms with Crippen LogP contribution in [-0.2, 0) is 17.8 Å². The number of aliphatic hydroxyl groups excluding tert-OH is 1. The molecule has 176 valence electrons. The van der Waals surface area contributed by atoms with Gasteiger partial charge < -0.3 is 19.2 Å². The van der Waals surface area contributed by atoms with Gasteiger partial charge >= 0.3 is 0 Å². The van der Waals surface area contributed by atoms with E-state index in [0.717, 1.165) is 46.5 Å². The van der Waals surface area contributed by atoms with Gasteiger partial charge in [0.15, 0.2) is 0 Å². The maximum atomic E-state index is 13.9. The van der Waals surface area contributed by atoms with Gasteiger partial charge in [-0.1, -0.05) is 23.5 Å². The summed E-state index contributed by atoms with van der Waals surface area (Å²) in [5.41, 5.74) is 1.46. The molecule has 5 heterocycles. The van der Waals surface area contributed by atoms with Crippen LogP contribution in [-0.4, -0.2) is 43.8 Å². The van der Waals surface area contributed by atoms with Crippen molar-refractivity contribution < 1.29 is 14.3 Å². The van der Waals surface area contributed by atoms with E-state index < -0.39 is 6.23 Å². The Bertz CT molecular complexity index is 1480. The molecule has 0 aliphatic carbocycles. The Morgan fingerprint density at radius 1 is 1.24 bits per heavy atom. The molecule has 2 aliphatic rings. The highest BCUT2D eigenvalue weighted by Gasteiger charge is 2.27. The van der Waals surface area contributed by atoms with Crippen LogP contribution in [0.1, 0.15) is 25.5 Å². The number of para-hydroxylation sites is 1.